The predicted molar refractivity (Wildman–Crippen MR) is 175 cm³/mol. The summed E-state index contributed by atoms with van der Waals surface area (Å²) in [7, 11) is -3.71. The zero-order valence-electron chi connectivity index (χ0n) is 23.9. The molecule has 44 heavy (non-hydrogen) atoms. The Labute approximate surface area is 259 Å². The molecule has 1 amide bonds. The fraction of sp³-hybridized carbons (Fsp3) is 0.188. The Kier molecular flexibility index (Phi) is 7.31. The Bertz CT molecular complexity index is 2180. The van der Waals surface area contributed by atoms with Crippen molar-refractivity contribution in [2.75, 3.05) is 24.3 Å². The Morgan fingerprint density at radius 3 is 2.50 bits per heavy atom. The van der Waals surface area contributed by atoms with Gasteiger partial charge in [0.25, 0.3) is 16.0 Å². The lowest BCUT2D eigenvalue weighted by atomic mass is 9.96. The lowest BCUT2D eigenvalue weighted by Crippen LogP contribution is -2.31. The third-order valence-corrected chi connectivity index (χ3v) is 8.66. The first kappa shape index (κ1) is 29.5. The third kappa shape index (κ3) is 5.14. The number of hydrogen-bond acceptors (Lipinski definition) is 6. The maximum absolute atomic E-state index is 13.9. The number of carbonyl (C=O) groups excluding carboxylic acids is 2. The van der Waals surface area contributed by atoms with E-state index in [9.17, 15) is 23.1 Å². The number of aromatic hydroxyl groups is 1. The first-order valence-electron chi connectivity index (χ1n) is 13.8. The van der Waals surface area contributed by atoms with Gasteiger partial charge in [-0.1, -0.05) is 24.3 Å². The fourth-order valence-corrected chi connectivity index (χ4v) is 6.53. The van der Waals surface area contributed by atoms with Gasteiger partial charge in [0.1, 0.15) is 11.4 Å². The molecule has 7 rings (SSSR count). The van der Waals surface area contributed by atoms with Crippen LogP contribution in [-0.4, -0.2) is 59.6 Å². The zero-order chi connectivity index (χ0) is 30.0. The van der Waals surface area contributed by atoms with E-state index in [1.165, 1.54) is 6.07 Å². The number of amides is 1. The van der Waals surface area contributed by atoms with E-state index in [0.29, 0.717) is 22.6 Å². The normalized spacial score (nSPS) is 14.8. The molecule has 0 fully saturated rings. The number of hydrogen-bond donors (Lipinski definition) is 4. The SMILES string of the molecule is Cc1c[nH]c2c(O)cc3c(c12)C(COS(C)(=O)=O)CN3C(=O)c1cc2cc(CC(=O)c3cc4ccccc4[nH]3)ccc2[nH]1.S. The monoisotopic (exact) mass is 630 g/mol. The van der Waals surface area contributed by atoms with E-state index in [2.05, 4.69) is 15.0 Å². The second-order valence-electron chi connectivity index (χ2n) is 11.1. The van der Waals surface area contributed by atoms with Crippen molar-refractivity contribution in [3.05, 3.63) is 94.9 Å². The smallest absolute Gasteiger partial charge is 0.274 e. The summed E-state index contributed by atoms with van der Waals surface area (Å²) in [6.07, 6.45) is 2.96. The molecule has 12 heteroatoms. The fourth-order valence-electron chi connectivity index (χ4n) is 6.12. The van der Waals surface area contributed by atoms with Gasteiger partial charge in [-0.3, -0.25) is 13.8 Å². The van der Waals surface area contributed by atoms with E-state index >= 15 is 0 Å². The van der Waals surface area contributed by atoms with Crippen molar-refractivity contribution in [2.45, 2.75) is 19.3 Å². The molecule has 1 atom stereocenters. The van der Waals surface area contributed by atoms with Crippen molar-refractivity contribution >= 4 is 73.7 Å². The number of para-hydroxylation sites is 1. The number of aromatic nitrogens is 3. The number of H-pyrrole nitrogens is 3. The summed E-state index contributed by atoms with van der Waals surface area (Å²) in [5.74, 6) is -0.810. The highest BCUT2D eigenvalue weighted by atomic mass is 32.2. The van der Waals surface area contributed by atoms with Gasteiger partial charge in [0.15, 0.2) is 5.78 Å². The molecule has 0 aliphatic carbocycles. The first-order chi connectivity index (χ1) is 20.6. The number of phenols is 1. The van der Waals surface area contributed by atoms with Gasteiger partial charge in [0.05, 0.1) is 29.8 Å². The molecule has 0 spiro atoms. The number of nitrogens with zero attached hydrogens (tertiary/aromatic N) is 1. The van der Waals surface area contributed by atoms with E-state index in [4.69, 9.17) is 4.18 Å². The van der Waals surface area contributed by atoms with Gasteiger partial charge in [0.2, 0.25) is 0 Å². The molecular weight excluding hydrogens is 601 g/mol. The second kappa shape index (κ2) is 10.9. The van der Waals surface area contributed by atoms with Crippen LogP contribution in [0.2, 0.25) is 0 Å². The maximum atomic E-state index is 13.9. The number of phenolic OH excluding ortho intramolecular Hbond substituents is 1. The predicted octanol–water partition coefficient (Wildman–Crippen LogP) is 5.40. The van der Waals surface area contributed by atoms with Crippen LogP contribution in [0.15, 0.2) is 66.9 Å². The van der Waals surface area contributed by atoms with Crippen LogP contribution in [0.3, 0.4) is 0 Å². The van der Waals surface area contributed by atoms with Crippen LogP contribution in [0.4, 0.5) is 5.69 Å². The summed E-state index contributed by atoms with van der Waals surface area (Å²) in [4.78, 5) is 37.9. The molecule has 1 unspecified atom stereocenters. The standard InChI is InChI=1S/C32H28N4O6S.H2S/c1-17-14-33-31-28(38)13-26-30(29(17)31)21(16-42-43(2,40)41)15-36(26)32(39)25-12-20-9-18(7-8-23(20)35-25)10-27(37)24-11-19-5-3-4-6-22(19)34-24;/h3-9,11-14,21,33-35,38H,10,15-16H2,1-2H3;1H2. The zero-order valence-corrected chi connectivity index (χ0v) is 25.7. The largest absolute Gasteiger partial charge is 0.506 e. The summed E-state index contributed by atoms with van der Waals surface area (Å²) in [5.41, 5.74) is 5.97. The lowest BCUT2D eigenvalue weighted by Gasteiger charge is -2.17. The Morgan fingerprint density at radius 2 is 1.73 bits per heavy atom. The highest BCUT2D eigenvalue weighted by Crippen LogP contribution is 2.46. The van der Waals surface area contributed by atoms with Crippen molar-refractivity contribution in [2.24, 2.45) is 0 Å². The van der Waals surface area contributed by atoms with E-state index < -0.39 is 16.0 Å². The number of rotatable bonds is 7. The minimum atomic E-state index is -3.71. The van der Waals surface area contributed by atoms with Gasteiger partial charge in [-0.2, -0.15) is 21.9 Å². The van der Waals surface area contributed by atoms with Crippen LogP contribution < -0.4 is 4.90 Å². The molecule has 1 aliphatic rings. The summed E-state index contributed by atoms with van der Waals surface area (Å²) in [6.45, 7) is 1.92. The number of Topliss-reactive ketones (excluding diaryl/α,β-unsaturated/α-hetero) is 1. The molecule has 0 radical (unpaired) electrons. The van der Waals surface area contributed by atoms with Crippen molar-refractivity contribution in [1.29, 1.82) is 0 Å². The minimum Gasteiger partial charge on any atom is -0.506 e. The first-order valence-corrected chi connectivity index (χ1v) is 15.6. The lowest BCUT2D eigenvalue weighted by molar-refractivity contribution is 0.0977. The van der Waals surface area contributed by atoms with Gasteiger partial charge < -0.3 is 25.0 Å². The summed E-state index contributed by atoms with van der Waals surface area (Å²) in [6, 6.07) is 18.5. The molecule has 0 saturated carbocycles. The number of nitrogens with one attached hydrogen (secondary N) is 3. The molecule has 3 aromatic carbocycles. The molecule has 3 aromatic heterocycles. The number of fused-ring (bicyclic) bond motifs is 5. The topological polar surface area (TPSA) is 148 Å². The van der Waals surface area contributed by atoms with Gasteiger partial charge >= 0.3 is 0 Å². The van der Waals surface area contributed by atoms with Gasteiger partial charge in [-0.25, -0.2) is 0 Å². The highest BCUT2D eigenvalue weighted by Gasteiger charge is 2.37. The minimum absolute atomic E-state index is 0. The number of carbonyl (C=O) groups is 2. The number of ketones is 1. The molecule has 226 valence electrons. The van der Waals surface area contributed by atoms with Crippen LogP contribution in [0.5, 0.6) is 5.75 Å². The van der Waals surface area contributed by atoms with Gasteiger partial charge in [-0.05, 0) is 53.9 Å². The average molecular weight is 631 g/mol. The van der Waals surface area contributed by atoms with Crippen LogP contribution in [0, 0.1) is 6.92 Å². The highest BCUT2D eigenvalue weighted by molar-refractivity contribution is 7.85. The number of aryl methyl sites for hydroxylation is 1. The van der Waals surface area contributed by atoms with E-state index in [-0.39, 0.29) is 50.5 Å². The molecule has 4 N–H and O–H groups in total. The average Bonchev–Trinajstić information content (AvgIpc) is 3.74. The van der Waals surface area contributed by atoms with Crippen LogP contribution >= 0.6 is 13.5 Å². The molecule has 0 saturated heterocycles. The van der Waals surface area contributed by atoms with Crippen molar-refractivity contribution in [1.82, 2.24) is 15.0 Å². The van der Waals surface area contributed by atoms with Crippen LogP contribution in [0.1, 0.15) is 43.6 Å². The van der Waals surface area contributed by atoms with Crippen molar-refractivity contribution in [3.8, 4) is 5.75 Å². The molecule has 10 nitrogen and oxygen atoms in total. The Balaban J connectivity index is 0.00000343. The number of aromatic amines is 3. The van der Waals surface area contributed by atoms with E-state index in [1.807, 2.05) is 55.5 Å². The molecule has 4 heterocycles. The van der Waals surface area contributed by atoms with E-state index in [0.717, 1.165) is 50.1 Å². The molecule has 0 bridgehead atoms. The molecule has 6 aromatic rings. The third-order valence-electron chi connectivity index (χ3n) is 8.09. The summed E-state index contributed by atoms with van der Waals surface area (Å²) >= 11 is 0. The number of anilines is 1. The van der Waals surface area contributed by atoms with Crippen molar-refractivity contribution < 1.29 is 27.3 Å². The second-order valence-corrected chi connectivity index (χ2v) is 12.8. The maximum Gasteiger partial charge on any atom is 0.274 e. The molecular formula is C32H30N4O6S2. The van der Waals surface area contributed by atoms with Gasteiger partial charge in [0, 0.05) is 58.3 Å². The summed E-state index contributed by atoms with van der Waals surface area (Å²) < 4.78 is 28.8. The van der Waals surface area contributed by atoms with Crippen LogP contribution in [-0.2, 0) is 20.7 Å². The van der Waals surface area contributed by atoms with Crippen molar-refractivity contribution in [3.63, 3.8) is 0 Å². The Hall–Kier alpha value is -4.52. The van der Waals surface area contributed by atoms with Crippen LogP contribution in [0.25, 0.3) is 32.7 Å². The van der Waals surface area contributed by atoms with E-state index in [1.54, 1.807) is 17.2 Å². The molecule has 1 aliphatic heterocycles. The van der Waals surface area contributed by atoms with Gasteiger partial charge in [-0.15, -0.1) is 0 Å². The quantitative estimate of drug-likeness (QED) is 0.137. The Morgan fingerprint density at radius 1 is 1.00 bits per heavy atom. The number of benzene rings is 3. The summed E-state index contributed by atoms with van der Waals surface area (Å²) in [5, 5.41) is 13.3.